The molecule has 0 radical (unpaired) electrons. The summed E-state index contributed by atoms with van der Waals surface area (Å²) in [7, 11) is 0. The van der Waals surface area contributed by atoms with Crippen LogP contribution < -0.4 is 4.74 Å². The maximum Gasteiger partial charge on any atom is 0.215 e. The SMILES string of the molecule is CCOc1ccc2c(C(C)C)cn(C(C)C)c2n1. The Kier molecular flexibility index (Phi) is 3.60. The van der Waals surface area contributed by atoms with Crippen LogP contribution in [0.15, 0.2) is 18.3 Å². The third-order valence-corrected chi connectivity index (χ3v) is 3.15. The van der Waals surface area contributed by atoms with E-state index in [0.29, 0.717) is 24.4 Å². The lowest BCUT2D eigenvalue weighted by atomic mass is 10.0. The van der Waals surface area contributed by atoms with Gasteiger partial charge in [-0.3, -0.25) is 0 Å². The van der Waals surface area contributed by atoms with Crippen molar-refractivity contribution in [3.8, 4) is 5.88 Å². The molecule has 0 aliphatic heterocycles. The largest absolute Gasteiger partial charge is 0.478 e. The maximum atomic E-state index is 5.49. The van der Waals surface area contributed by atoms with E-state index >= 15 is 0 Å². The Hall–Kier alpha value is -1.51. The summed E-state index contributed by atoms with van der Waals surface area (Å²) in [4.78, 5) is 4.63. The van der Waals surface area contributed by atoms with Gasteiger partial charge < -0.3 is 9.30 Å². The number of pyridine rings is 1. The van der Waals surface area contributed by atoms with Crippen molar-refractivity contribution in [2.24, 2.45) is 0 Å². The zero-order valence-electron chi connectivity index (χ0n) is 11.9. The van der Waals surface area contributed by atoms with Gasteiger partial charge in [-0.05, 0) is 38.3 Å². The molecule has 2 heterocycles. The smallest absolute Gasteiger partial charge is 0.215 e. The highest BCUT2D eigenvalue weighted by molar-refractivity contribution is 5.81. The van der Waals surface area contributed by atoms with Crippen LogP contribution in [0.2, 0.25) is 0 Å². The van der Waals surface area contributed by atoms with Crippen LogP contribution in [-0.4, -0.2) is 16.2 Å². The summed E-state index contributed by atoms with van der Waals surface area (Å²) in [5.41, 5.74) is 2.38. The highest BCUT2D eigenvalue weighted by Gasteiger charge is 2.14. The molecule has 0 N–H and O–H groups in total. The van der Waals surface area contributed by atoms with Gasteiger partial charge in [0, 0.05) is 23.7 Å². The van der Waals surface area contributed by atoms with Crippen LogP contribution in [0.5, 0.6) is 5.88 Å². The molecular formula is C15H22N2O. The molecule has 0 saturated heterocycles. The lowest BCUT2D eigenvalue weighted by molar-refractivity contribution is 0.327. The molecule has 0 unspecified atom stereocenters. The number of hydrogen-bond donors (Lipinski definition) is 0. The summed E-state index contributed by atoms with van der Waals surface area (Å²) < 4.78 is 7.72. The van der Waals surface area contributed by atoms with Crippen LogP contribution in [0.3, 0.4) is 0 Å². The van der Waals surface area contributed by atoms with Gasteiger partial charge in [0.15, 0.2) is 0 Å². The van der Waals surface area contributed by atoms with Crippen molar-refractivity contribution in [3.63, 3.8) is 0 Å². The molecule has 2 aromatic heterocycles. The third-order valence-electron chi connectivity index (χ3n) is 3.15. The van der Waals surface area contributed by atoms with Crippen molar-refractivity contribution in [2.45, 2.75) is 46.6 Å². The van der Waals surface area contributed by atoms with Crippen LogP contribution in [0.1, 0.15) is 52.1 Å². The Bertz CT molecular complexity index is 541. The van der Waals surface area contributed by atoms with E-state index in [-0.39, 0.29) is 0 Å². The average Bonchev–Trinajstić information content (AvgIpc) is 2.68. The van der Waals surface area contributed by atoms with Crippen LogP contribution in [0.4, 0.5) is 0 Å². The summed E-state index contributed by atoms with van der Waals surface area (Å²) in [5.74, 6) is 1.22. The summed E-state index contributed by atoms with van der Waals surface area (Å²) in [6.45, 7) is 11.4. The van der Waals surface area contributed by atoms with E-state index in [1.165, 1.54) is 10.9 Å². The zero-order valence-corrected chi connectivity index (χ0v) is 11.9. The first-order valence-corrected chi connectivity index (χ1v) is 6.68. The van der Waals surface area contributed by atoms with Gasteiger partial charge in [0.25, 0.3) is 0 Å². The molecule has 0 aliphatic rings. The van der Waals surface area contributed by atoms with E-state index in [1.54, 1.807) is 0 Å². The van der Waals surface area contributed by atoms with Gasteiger partial charge in [0.2, 0.25) is 5.88 Å². The number of ether oxygens (including phenoxy) is 1. The normalized spacial score (nSPS) is 11.7. The van der Waals surface area contributed by atoms with Crippen molar-refractivity contribution >= 4 is 11.0 Å². The van der Waals surface area contributed by atoms with Crippen LogP contribution in [-0.2, 0) is 0 Å². The molecule has 3 heteroatoms. The first-order valence-electron chi connectivity index (χ1n) is 6.68. The Labute approximate surface area is 109 Å². The van der Waals surface area contributed by atoms with E-state index in [9.17, 15) is 0 Å². The molecule has 0 aromatic carbocycles. The Morgan fingerprint density at radius 1 is 1.22 bits per heavy atom. The summed E-state index contributed by atoms with van der Waals surface area (Å²) in [6, 6.07) is 4.49. The fraction of sp³-hybridized carbons (Fsp3) is 0.533. The van der Waals surface area contributed by atoms with E-state index in [0.717, 1.165) is 5.65 Å². The first-order chi connectivity index (χ1) is 8.54. The van der Waals surface area contributed by atoms with E-state index in [1.807, 2.05) is 13.0 Å². The lowest BCUT2D eigenvalue weighted by Gasteiger charge is -2.09. The maximum absolute atomic E-state index is 5.49. The van der Waals surface area contributed by atoms with Crippen LogP contribution in [0, 0.1) is 0 Å². The van der Waals surface area contributed by atoms with Crippen molar-refractivity contribution in [1.29, 1.82) is 0 Å². The molecule has 0 saturated carbocycles. The summed E-state index contributed by atoms with van der Waals surface area (Å²) in [5, 5.41) is 1.24. The number of nitrogens with zero attached hydrogens (tertiary/aromatic N) is 2. The minimum atomic E-state index is 0.407. The summed E-state index contributed by atoms with van der Waals surface area (Å²) in [6.07, 6.45) is 2.22. The predicted octanol–water partition coefficient (Wildman–Crippen LogP) is 4.14. The molecular weight excluding hydrogens is 224 g/mol. The fourth-order valence-electron chi connectivity index (χ4n) is 2.22. The molecule has 0 spiro atoms. The van der Waals surface area contributed by atoms with Crippen LogP contribution in [0.25, 0.3) is 11.0 Å². The minimum Gasteiger partial charge on any atom is -0.478 e. The van der Waals surface area contributed by atoms with Gasteiger partial charge in [-0.15, -0.1) is 0 Å². The zero-order chi connectivity index (χ0) is 13.3. The quantitative estimate of drug-likeness (QED) is 0.810. The molecule has 0 bridgehead atoms. The van der Waals surface area contributed by atoms with Crippen molar-refractivity contribution in [1.82, 2.24) is 9.55 Å². The average molecular weight is 246 g/mol. The summed E-state index contributed by atoms with van der Waals surface area (Å²) >= 11 is 0. The Morgan fingerprint density at radius 3 is 2.50 bits per heavy atom. The highest BCUT2D eigenvalue weighted by atomic mass is 16.5. The van der Waals surface area contributed by atoms with Crippen molar-refractivity contribution in [3.05, 3.63) is 23.9 Å². The lowest BCUT2D eigenvalue weighted by Crippen LogP contribution is -2.01. The van der Waals surface area contributed by atoms with Crippen molar-refractivity contribution in [2.75, 3.05) is 6.61 Å². The first kappa shape index (κ1) is 12.9. The molecule has 0 atom stereocenters. The molecule has 0 amide bonds. The molecule has 2 aromatic rings. The molecule has 2 rings (SSSR count). The Morgan fingerprint density at radius 2 is 1.94 bits per heavy atom. The van der Waals surface area contributed by atoms with Gasteiger partial charge in [0.05, 0.1) is 6.61 Å². The number of rotatable bonds is 4. The second kappa shape index (κ2) is 5.01. The fourth-order valence-corrected chi connectivity index (χ4v) is 2.22. The monoisotopic (exact) mass is 246 g/mol. The molecule has 98 valence electrons. The van der Waals surface area contributed by atoms with E-state index in [4.69, 9.17) is 4.74 Å². The van der Waals surface area contributed by atoms with E-state index in [2.05, 4.69) is 49.5 Å². The number of aromatic nitrogens is 2. The second-order valence-corrected chi connectivity index (χ2v) is 5.19. The Balaban J connectivity index is 2.63. The molecule has 0 aliphatic carbocycles. The standard InChI is InChI=1S/C15H22N2O/c1-6-18-14-8-7-12-13(10(2)3)9-17(11(4)5)15(12)16-14/h7-11H,6H2,1-5H3. The van der Waals surface area contributed by atoms with Gasteiger partial charge in [-0.2, -0.15) is 4.98 Å². The predicted molar refractivity (Wildman–Crippen MR) is 75.4 cm³/mol. The van der Waals surface area contributed by atoms with Gasteiger partial charge in [-0.1, -0.05) is 13.8 Å². The molecule has 0 fully saturated rings. The molecule has 3 nitrogen and oxygen atoms in total. The van der Waals surface area contributed by atoms with Crippen molar-refractivity contribution < 1.29 is 4.74 Å². The third kappa shape index (κ3) is 2.22. The number of hydrogen-bond acceptors (Lipinski definition) is 2. The van der Waals surface area contributed by atoms with Gasteiger partial charge in [0.1, 0.15) is 5.65 Å². The minimum absolute atomic E-state index is 0.407. The van der Waals surface area contributed by atoms with Gasteiger partial charge >= 0.3 is 0 Å². The highest BCUT2D eigenvalue weighted by Crippen LogP contribution is 2.30. The van der Waals surface area contributed by atoms with Crippen LogP contribution >= 0.6 is 0 Å². The van der Waals surface area contributed by atoms with Gasteiger partial charge in [-0.25, -0.2) is 0 Å². The molecule has 18 heavy (non-hydrogen) atoms. The van der Waals surface area contributed by atoms with E-state index < -0.39 is 0 Å². The topological polar surface area (TPSA) is 27.1 Å². The second-order valence-electron chi connectivity index (χ2n) is 5.19. The number of fused-ring (bicyclic) bond motifs is 1.